The minimum absolute atomic E-state index is 0.0297. The maximum atomic E-state index is 13.0. The minimum atomic E-state index is -4.46. The Balaban J connectivity index is 1.67. The first-order valence-electron chi connectivity index (χ1n) is 8.55. The number of halogens is 3. The summed E-state index contributed by atoms with van der Waals surface area (Å²) >= 11 is 0. The monoisotopic (exact) mass is 344 g/mol. The highest BCUT2D eigenvalue weighted by Gasteiger charge is 2.39. The van der Waals surface area contributed by atoms with E-state index in [1.54, 1.807) is 4.90 Å². The van der Waals surface area contributed by atoms with Crippen molar-refractivity contribution in [3.63, 3.8) is 0 Å². The minimum Gasteiger partial charge on any atom is -0.339 e. The van der Waals surface area contributed by atoms with E-state index in [1.807, 2.05) is 4.90 Å². The van der Waals surface area contributed by atoms with Crippen LogP contribution in [-0.4, -0.2) is 51.6 Å². The molecular formula is C16H23F3N4O. The third-order valence-corrected chi connectivity index (χ3v) is 5.06. The highest BCUT2D eigenvalue weighted by atomic mass is 19.4. The number of carbonyl (C=O) groups excluding carboxylic acids is 1. The van der Waals surface area contributed by atoms with E-state index in [9.17, 15) is 18.0 Å². The lowest BCUT2D eigenvalue weighted by atomic mass is 9.99. The summed E-state index contributed by atoms with van der Waals surface area (Å²) in [6, 6.07) is 0.270. The number of likely N-dealkylation sites (tertiary alicyclic amines) is 1. The molecule has 24 heavy (non-hydrogen) atoms. The highest BCUT2D eigenvalue weighted by molar-refractivity contribution is 5.78. The largest absolute Gasteiger partial charge is 0.435 e. The van der Waals surface area contributed by atoms with Gasteiger partial charge in [-0.15, -0.1) is 0 Å². The molecule has 0 radical (unpaired) electrons. The SMILES string of the molecule is CC[C@H]1CCCCN1C(=O)CN1CCc2[nH]nc(C(F)(F)F)c2C1. The molecule has 1 saturated heterocycles. The normalized spacial score (nSPS) is 22.5. The molecule has 1 aromatic heterocycles. The molecule has 134 valence electrons. The van der Waals surface area contributed by atoms with Crippen LogP contribution in [0.5, 0.6) is 0 Å². The van der Waals surface area contributed by atoms with Gasteiger partial charge in [-0.25, -0.2) is 0 Å². The number of carbonyl (C=O) groups is 1. The van der Waals surface area contributed by atoms with Gasteiger partial charge in [-0.2, -0.15) is 18.3 Å². The number of alkyl halides is 3. The predicted octanol–water partition coefficient (Wildman–Crippen LogP) is 2.58. The van der Waals surface area contributed by atoms with Gasteiger partial charge in [-0.05, 0) is 25.7 Å². The van der Waals surface area contributed by atoms with Crippen molar-refractivity contribution in [3.05, 3.63) is 17.0 Å². The molecule has 8 heteroatoms. The fourth-order valence-electron chi connectivity index (χ4n) is 3.76. The molecule has 1 atom stereocenters. The number of H-pyrrole nitrogens is 1. The predicted molar refractivity (Wildman–Crippen MR) is 82.2 cm³/mol. The van der Waals surface area contributed by atoms with Gasteiger partial charge in [0.05, 0.1) is 6.54 Å². The summed E-state index contributed by atoms with van der Waals surface area (Å²) in [7, 11) is 0. The van der Waals surface area contributed by atoms with Crippen molar-refractivity contribution < 1.29 is 18.0 Å². The van der Waals surface area contributed by atoms with Gasteiger partial charge >= 0.3 is 6.18 Å². The van der Waals surface area contributed by atoms with Crippen molar-refractivity contribution in [2.75, 3.05) is 19.6 Å². The topological polar surface area (TPSA) is 52.2 Å². The average molecular weight is 344 g/mol. The first kappa shape index (κ1) is 17.3. The summed E-state index contributed by atoms with van der Waals surface area (Å²) in [4.78, 5) is 16.3. The number of hydrogen-bond donors (Lipinski definition) is 1. The Morgan fingerprint density at radius 3 is 2.83 bits per heavy atom. The van der Waals surface area contributed by atoms with Crippen molar-refractivity contribution >= 4 is 5.91 Å². The Morgan fingerprint density at radius 2 is 2.12 bits per heavy atom. The second kappa shape index (κ2) is 6.74. The lowest BCUT2D eigenvalue weighted by Gasteiger charge is -2.37. The van der Waals surface area contributed by atoms with Gasteiger partial charge in [0.25, 0.3) is 0 Å². The summed E-state index contributed by atoms with van der Waals surface area (Å²) in [6.45, 7) is 3.71. The molecule has 0 bridgehead atoms. The zero-order chi connectivity index (χ0) is 17.3. The number of nitrogens with zero attached hydrogens (tertiary/aromatic N) is 3. The van der Waals surface area contributed by atoms with Gasteiger partial charge in [0, 0.05) is 43.4 Å². The second-order valence-corrected chi connectivity index (χ2v) is 6.63. The van der Waals surface area contributed by atoms with Gasteiger partial charge in [0.2, 0.25) is 5.91 Å². The van der Waals surface area contributed by atoms with Crippen LogP contribution < -0.4 is 0 Å². The summed E-state index contributed by atoms with van der Waals surface area (Å²) in [5, 5.41) is 5.92. The number of nitrogens with one attached hydrogen (secondary N) is 1. The van der Waals surface area contributed by atoms with Gasteiger partial charge in [-0.1, -0.05) is 6.92 Å². The summed E-state index contributed by atoms with van der Waals surface area (Å²) < 4.78 is 39.0. The number of rotatable bonds is 3. The van der Waals surface area contributed by atoms with E-state index in [2.05, 4.69) is 17.1 Å². The third kappa shape index (κ3) is 3.43. The van der Waals surface area contributed by atoms with Gasteiger partial charge < -0.3 is 4.90 Å². The van der Waals surface area contributed by atoms with Crippen LogP contribution in [0.2, 0.25) is 0 Å². The first-order valence-corrected chi connectivity index (χ1v) is 8.55. The van der Waals surface area contributed by atoms with Crippen LogP contribution in [0.15, 0.2) is 0 Å². The second-order valence-electron chi connectivity index (χ2n) is 6.63. The zero-order valence-corrected chi connectivity index (χ0v) is 13.8. The van der Waals surface area contributed by atoms with Crippen LogP contribution in [-0.2, 0) is 23.9 Å². The Labute approximate surface area is 139 Å². The van der Waals surface area contributed by atoms with E-state index in [0.29, 0.717) is 18.7 Å². The maximum Gasteiger partial charge on any atom is 0.435 e. The highest BCUT2D eigenvalue weighted by Crippen LogP contribution is 2.34. The molecule has 0 aliphatic carbocycles. The van der Waals surface area contributed by atoms with E-state index in [0.717, 1.165) is 32.2 Å². The average Bonchev–Trinajstić information content (AvgIpc) is 2.98. The molecule has 1 fully saturated rings. The molecule has 0 spiro atoms. The number of aromatic nitrogens is 2. The van der Waals surface area contributed by atoms with Crippen LogP contribution in [0.3, 0.4) is 0 Å². The summed E-state index contributed by atoms with van der Waals surface area (Å²) in [5.41, 5.74) is -0.123. The van der Waals surface area contributed by atoms with E-state index in [4.69, 9.17) is 0 Å². The smallest absolute Gasteiger partial charge is 0.339 e. The standard InChI is InChI=1S/C16H23F3N4O/c1-2-11-5-3-4-7-23(11)14(24)10-22-8-6-13-12(9-22)15(21-20-13)16(17,18)19/h11H,2-10H2,1H3,(H,20,21)/t11-/m0/s1. The fourth-order valence-corrected chi connectivity index (χ4v) is 3.76. The Bertz CT molecular complexity index is 599. The maximum absolute atomic E-state index is 13.0. The van der Waals surface area contributed by atoms with Gasteiger partial charge in [-0.3, -0.25) is 14.8 Å². The van der Waals surface area contributed by atoms with Crippen LogP contribution in [0, 0.1) is 0 Å². The molecule has 2 aliphatic heterocycles. The van der Waals surface area contributed by atoms with Crippen molar-refractivity contribution in [1.82, 2.24) is 20.0 Å². The number of aromatic amines is 1. The van der Waals surface area contributed by atoms with Crippen LogP contribution in [0.4, 0.5) is 13.2 Å². The molecular weight excluding hydrogens is 321 g/mol. The first-order chi connectivity index (χ1) is 11.4. The van der Waals surface area contributed by atoms with E-state index in [1.165, 1.54) is 0 Å². The fraction of sp³-hybridized carbons (Fsp3) is 0.750. The molecule has 3 rings (SSSR count). The van der Waals surface area contributed by atoms with E-state index < -0.39 is 11.9 Å². The molecule has 2 aliphatic rings. The van der Waals surface area contributed by atoms with Crippen molar-refractivity contribution in [2.45, 2.75) is 57.8 Å². The Morgan fingerprint density at radius 1 is 1.33 bits per heavy atom. The quantitative estimate of drug-likeness (QED) is 0.917. The van der Waals surface area contributed by atoms with E-state index in [-0.39, 0.29) is 30.6 Å². The molecule has 1 aromatic rings. The van der Waals surface area contributed by atoms with Crippen LogP contribution >= 0.6 is 0 Å². The molecule has 0 aromatic carbocycles. The lowest BCUT2D eigenvalue weighted by molar-refractivity contribution is -0.142. The Hall–Kier alpha value is -1.57. The van der Waals surface area contributed by atoms with Crippen molar-refractivity contribution in [1.29, 1.82) is 0 Å². The van der Waals surface area contributed by atoms with Crippen molar-refractivity contribution in [2.24, 2.45) is 0 Å². The molecule has 5 nitrogen and oxygen atoms in total. The van der Waals surface area contributed by atoms with E-state index >= 15 is 0 Å². The summed E-state index contributed by atoms with van der Waals surface area (Å²) in [5.74, 6) is 0.0297. The van der Waals surface area contributed by atoms with Crippen LogP contribution in [0.1, 0.15) is 49.6 Å². The van der Waals surface area contributed by atoms with Crippen molar-refractivity contribution in [3.8, 4) is 0 Å². The number of piperidine rings is 1. The van der Waals surface area contributed by atoms with Gasteiger partial charge in [0.1, 0.15) is 0 Å². The number of amides is 1. The van der Waals surface area contributed by atoms with Gasteiger partial charge in [0.15, 0.2) is 5.69 Å². The zero-order valence-electron chi connectivity index (χ0n) is 13.8. The lowest BCUT2D eigenvalue weighted by Crippen LogP contribution is -2.48. The van der Waals surface area contributed by atoms with Crippen LogP contribution in [0.25, 0.3) is 0 Å². The molecule has 3 heterocycles. The summed E-state index contributed by atoms with van der Waals surface area (Å²) in [6.07, 6.45) is 0.0913. The molecule has 1 amide bonds. The molecule has 0 unspecified atom stereocenters. The Kier molecular flexibility index (Phi) is 4.85. The molecule has 0 saturated carbocycles. The molecule has 1 N–H and O–H groups in total. The number of fused-ring (bicyclic) bond motifs is 1. The third-order valence-electron chi connectivity index (χ3n) is 5.06. The number of hydrogen-bond acceptors (Lipinski definition) is 3.